The van der Waals surface area contributed by atoms with Crippen LogP contribution >= 0.6 is 45.2 Å². The van der Waals surface area contributed by atoms with Gasteiger partial charge in [0.25, 0.3) is 5.95 Å². The monoisotopic (exact) mass is 498 g/mol. The molecule has 0 saturated carbocycles. The van der Waals surface area contributed by atoms with Gasteiger partial charge in [0.15, 0.2) is 5.82 Å². The summed E-state index contributed by atoms with van der Waals surface area (Å²) in [6.45, 7) is 1.94. The maximum atomic E-state index is 9.93. The summed E-state index contributed by atoms with van der Waals surface area (Å²) in [6.07, 6.45) is 2.20. The maximum Gasteiger partial charge on any atom is 0.263 e. The second-order valence-corrected chi connectivity index (χ2v) is 6.27. The van der Waals surface area contributed by atoms with Crippen molar-refractivity contribution in [2.45, 2.75) is 13.3 Å². The molecule has 106 valence electrons. The van der Waals surface area contributed by atoms with Crippen molar-refractivity contribution in [2.24, 2.45) is 5.10 Å². The lowest BCUT2D eigenvalue weighted by atomic mass is 10.2. The van der Waals surface area contributed by atoms with Gasteiger partial charge in [0, 0.05) is 15.6 Å². The predicted molar refractivity (Wildman–Crippen MR) is 94.3 cm³/mol. The number of anilines is 1. The number of aryl methyl sites for hydroxylation is 1. The third-order valence-corrected chi connectivity index (χ3v) is 3.95. The van der Waals surface area contributed by atoms with Gasteiger partial charge in [-0.1, -0.05) is 6.92 Å². The fourth-order valence-corrected chi connectivity index (χ4v) is 3.37. The van der Waals surface area contributed by atoms with E-state index in [2.05, 4.69) is 65.9 Å². The topological polar surface area (TPSA) is 101 Å². The van der Waals surface area contributed by atoms with Crippen LogP contribution in [0.4, 0.5) is 5.95 Å². The molecule has 0 aliphatic heterocycles. The van der Waals surface area contributed by atoms with Crippen molar-refractivity contribution in [3.05, 3.63) is 30.7 Å². The Balaban J connectivity index is 2.16. The Morgan fingerprint density at radius 2 is 2.20 bits per heavy atom. The number of hydrazone groups is 1. The van der Waals surface area contributed by atoms with E-state index < -0.39 is 0 Å². The van der Waals surface area contributed by atoms with Crippen LogP contribution in [-0.2, 0) is 6.42 Å². The zero-order chi connectivity index (χ0) is 14.7. The molecule has 2 aromatic rings. The number of aromatic hydroxyl groups is 1. The van der Waals surface area contributed by atoms with Crippen LogP contribution in [-0.4, -0.2) is 26.2 Å². The third-order valence-electron chi connectivity index (χ3n) is 2.51. The van der Waals surface area contributed by atoms with Crippen LogP contribution in [0.25, 0.3) is 0 Å². The summed E-state index contributed by atoms with van der Waals surface area (Å²) >= 11 is 4.25. The summed E-state index contributed by atoms with van der Waals surface area (Å²) in [6, 6.07) is 3.71. The quantitative estimate of drug-likeness (QED) is 0.259. The average molecular weight is 498 g/mol. The van der Waals surface area contributed by atoms with Crippen LogP contribution in [0.5, 0.6) is 5.75 Å². The minimum Gasteiger partial charge on any atom is -0.506 e. The number of hydrogen-bond donors (Lipinski definition) is 3. The summed E-state index contributed by atoms with van der Waals surface area (Å²) in [5.41, 5.74) is 3.32. The zero-order valence-electron chi connectivity index (χ0n) is 10.5. The summed E-state index contributed by atoms with van der Waals surface area (Å²) in [5.74, 6) is 6.98. The fraction of sp³-hybridized carbons (Fsp3) is 0.182. The normalized spacial score (nSPS) is 11.2. The van der Waals surface area contributed by atoms with E-state index in [1.807, 2.05) is 19.1 Å². The van der Waals surface area contributed by atoms with Gasteiger partial charge in [-0.15, -0.1) is 10.2 Å². The SMILES string of the molecule is CCc1nnc(N/N=C/c2cc(I)cc(I)c2O)n1N. The lowest BCUT2D eigenvalue weighted by Crippen LogP contribution is -2.14. The highest BCUT2D eigenvalue weighted by Crippen LogP contribution is 2.25. The second kappa shape index (κ2) is 6.56. The van der Waals surface area contributed by atoms with Crippen molar-refractivity contribution < 1.29 is 5.11 Å². The Labute approximate surface area is 142 Å². The molecule has 9 heteroatoms. The molecule has 1 heterocycles. The van der Waals surface area contributed by atoms with Crippen molar-refractivity contribution in [3.63, 3.8) is 0 Å². The summed E-state index contributed by atoms with van der Waals surface area (Å²) in [4.78, 5) is 0. The van der Waals surface area contributed by atoms with E-state index in [9.17, 15) is 5.11 Å². The molecular formula is C11H12I2N6O. The van der Waals surface area contributed by atoms with Crippen molar-refractivity contribution >= 4 is 57.3 Å². The van der Waals surface area contributed by atoms with Gasteiger partial charge in [-0.3, -0.25) is 0 Å². The number of nitrogens with one attached hydrogen (secondary N) is 1. The molecule has 7 nitrogen and oxygen atoms in total. The first kappa shape index (κ1) is 15.3. The van der Waals surface area contributed by atoms with Crippen LogP contribution in [0.3, 0.4) is 0 Å². The van der Waals surface area contributed by atoms with Crippen LogP contribution in [0.15, 0.2) is 17.2 Å². The van der Waals surface area contributed by atoms with E-state index in [1.165, 1.54) is 10.9 Å². The summed E-state index contributed by atoms with van der Waals surface area (Å²) in [5, 5.41) is 21.7. The zero-order valence-corrected chi connectivity index (χ0v) is 14.8. The second-order valence-electron chi connectivity index (χ2n) is 3.86. The number of benzene rings is 1. The van der Waals surface area contributed by atoms with Gasteiger partial charge in [0.05, 0.1) is 9.78 Å². The first-order valence-corrected chi connectivity index (χ1v) is 7.85. The van der Waals surface area contributed by atoms with Crippen LogP contribution in [0.1, 0.15) is 18.3 Å². The van der Waals surface area contributed by atoms with Crippen molar-refractivity contribution in [3.8, 4) is 5.75 Å². The Kier molecular flexibility index (Phi) is 5.01. The minimum absolute atomic E-state index is 0.194. The van der Waals surface area contributed by atoms with E-state index >= 15 is 0 Å². The number of rotatable bonds is 4. The molecule has 0 bridgehead atoms. The number of phenolic OH excluding ortho intramolecular Hbond substituents is 1. The number of nitrogen functional groups attached to an aromatic ring is 1. The van der Waals surface area contributed by atoms with Gasteiger partial charge in [-0.2, -0.15) is 5.10 Å². The van der Waals surface area contributed by atoms with Gasteiger partial charge in [0.2, 0.25) is 0 Å². The largest absolute Gasteiger partial charge is 0.506 e. The molecule has 0 unspecified atom stereocenters. The van der Waals surface area contributed by atoms with E-state index in [0.29, 0.717) is 23.8 Å². The molecule has 0 fully saturated rings. The Morgan fingerprint density at radius 1 is 1.45 bits per heavy atom. The first-order chi connectivity index (χ1) is 9.52. The molecule has 1 aromatic heterocycles. The number of hydrogen-bond acceptors (Lipinski definition) is 6. The molecule has 4 N–H and O–H groups in total. The summed E-state index contributed by atoms with van der Waals surface area (Å²) in [7, 11) is 0. The molecular weight excluding hydrogens is 486 g/mol. The highest BCUT2D eigenvalue weighted by molar-refractivity contribution is 14.1. The van der Waals surface area contributed by atoms with Crippen LogP contribution < -0.4 is 11.3 Å². The number of halogens is 2. The molecule has 20 heavy (non-hydrogen) atoms. The molecule has 0 atom stereocenters. The highest BCUT2D eigenvalue weighted by Gasteiger charge is 2.07. The number of nitrogens with zero attached hydrogens (tertiary/aromatic N) is 4. The molecule has 0 spiro atoms. The van der Waals surface area contributed by atoms with E-state index in [0.717, 1.165) is 7.14 Å². The molecule has 0 amide bonds. The molecule has 0 radical (unpaired) electrons. The Hall–Kier alpha value is -1.11. The van der Waals surface area contributed by atoms with Crippen molar-refractivity contribution in [1.29, 1.82) is 0 Å². The van der Waals surface area contributed by atoms with Gasteiger partial charge < -0.3 is 10.9 Å². The van der Waals surface area contributed by atoms with Gasteiger partial charge >= 0.3 is 0 Å². The predicted octanol–water partition coefficient (Wildman–Crippen LogP) is 1.92. The fourth-order valence-electron chi connectivity index (χ4n) is 1.48. The lowest BCUT2D eigenvalue weighted by Gasteiger charge is -2.03. The molecule has 0 aliphatic carbocycles. The average Bonchev–Trinajstić information content (AvgIpc) is 2.76. The van der Waals surface area contributed by atoms with Crippen LogP contribution in [0.2, 0.25) is 0 Å². The van der Waals surface area contributed by atoms with Crippen molar-refractivity contribution in [2.75, 3.05) is 11.3 Å². The van der Waals surface area contributed by atoms with Gasteiger partial charge in [-0.05, 0) is 57.3 Å². The van der Waals surface area contributed by atoms with Crippen molar-refractivity contribution in [1.82, 2.24) is 14.9 Å². The van der Waals surface area contributed by atoms with E-state index in [1.54, 1.807) is 0 Å². The smallest absolute Gasteiger partial charge is 0.263 e. The number of nitrogens with two attached hydrogens (primary N) is 1. The van der Waals surface area contributed by atoms with E-state index in [4.69, 9.17) is 5.84 Å². The third kappa shape index (κ3) is 3.31. The van der Waals surface area contributed by atoms with Gasteiger partial charge in [0.1, 0.15) is 5.75 Å². The first-order valence-electron chi connectivity index (χ1n) is 5.69. The Morgan fingerprint density at radius 3 is 2.85 bits per heavy atom. The minimum atomic E-state index is 0.194. The summed E-state index contributed by atoms with van der Waals surface area (Å²) < 4.78 is 3.13. The molecule has 0 aliphatic rings. The maximum absolute atomic E-state index is 9.93. The Bertz CT molecular complexity index is 655. The molecule has 2 rings (SSSR count). The number of aromatic nitrogens is 3. The van der Waals surface area contributed by atoms with Gasteiger partial charge in [-0.25, -0.2) is 10.1 Å². The highest BCUT2D eigenvalue weighted by atomic mass is 127. The van der Waals surface area contributed by atoms with Crippen LogP contribution in [0, 0.1) is 7.14 Å². The van der Waals surface area contributed by atoms with E-state index in [-0.39, 0.29) is 5.75 Å². The lowest BCUT2D eigenvalue weighted by molar-refractivity contribution is 0.470. The molecule has 0 saturated heterocycles. The molecule has 1 aromatic carbocycles. The standard InChI is InChI=1S/C11H12I2N6O/c1-2-9-16-18-11(19(9)14)17-15-5-6-3-7(12)4-8(13)10(6)20/h3-5,20H,2,14H2,1H3,(H,17,18)/b15-5+. The number of phenols is 1.